The Kier molecular flexibility index (Phi) is 33.5. The van der Waals surface area contributed by atoms with Gasteiger partial charge in [-0.1, -0.05) is 55.4 Å². The van der Waals surface area contributed by atoms with Gasteiger partial charge in [-0.2, -0.15) is 52.7 Å². The number of hydrogen-bond donors (Lipinski definition) is 4. The minimum atomic E-state index is -6.58. The molecule has 14 aliphatic carbocycles. The predicted molar refractivity (Wildman–Crippen MR) is 520 cm³/mol. The number of alkyl halides is 12. The molecule has 37 heteroatoms. The lowest BCUT2D eigenvalue weighted by atomic mass is 9.52. The molecule has 22 aliphatic rings. The molecule has 0 aromatic rings. The highest BCUT2D eigenvalue weighted by Gasteiger charge is 2.80. The van der Waals surface area contributed by atoms with E-state index in [-0.39, 0.29) is 124 Å². The van der Waals surface area contributed by atoms with E-state index in [0.29, 0.717) is 86.2 Å². The van der Waals surface area contributed by atoms with Gasteiger partial charge >= 0.3 is 78.4 Å². The monoisotopic (exact) mass is 2160 g/mol. The third kappa shape index (κ3) is 22.8. The smallest absolute Gasteiger partial charge is 0.426 e. The summed E-state index contributed by atoms with van der Waals surface area (Å²) in [4.78, 5) is 109. The standard InChI is InChI=1S/C20H32O2.C18H22F12O4.C17H28O3.2C16H26O3.2C13H18O5/c1-5-19(3,4)18(21)22-20(6-2)11-14-10-15(20)17-13-8-7-12(9-13)16(14)17;1-4-12(2,3)11(31)34-10-6-8(13(32,15(19,20)21)16(22,23)24)5-9(7-10)14(33,17(25,26)27)18(28,29)30;1-4-16(2,3)15(18)20-17(9-5-6-10-17)13-11-12-7-8-14(13)19-12;2*1-4-14(2,3)13(17)19-16-8-11-5-12(9-16)7-15(18,6-11)10-16;2*1-4-13(2,3)12(15)18-9-7-5-6-8(16-7)10(9)17-11(6)14/h12-17H,5-11H2,1-4H3;8-10,32-33H,4-7H2,1-3H3;12-14H,4-11H2,1-3H3;2*11-12,18H,4-10H2,1-3H3;2*6-10H,4-5H2,1-3H3. The van der Waals surface area contributed by atoms with Crippen LogP contribution in [0.15, 0.2) is 0 Å². The maximum absolute atomic E-state index is 13.3. The first kappa shape index (κ1) is 120. The van der Waals surface area contributed by atoms with Crippen LogP contribution in [0.25, 0.3) is 0 Å². The molecule has 0 spiro atoms. The van der Waals surface area contributed by atoms with E-state index in [2.05, 4.69) is 20.8 Å². The van der Waals surface area contributed by atoms with Crippen molar-refractivity contribution in [3.8, 4) is 0 Å². The van der Waals surface area contributed by atoms with Gasteiger partial charge in [0, 0.05) is 36.5 Å². The van der Waals surface area contributed by atoms with E-state index in [1.807, 2.05) is 111 Å². The van der Waals surface area contributed by atoms with E-state index in [9.17, 15) is 116 Å². The van der Waals surface area contributed by atoms with Crippen molar-refractivity contribution in [1.82, 2.24) is 0 Å². The number of aliphatic hydroxyl groups is 4. The van der Waals surface area contributed by atoms with Crippen molar-refractivity contribution in [3.05, 3.63) is 0 Å². The molecular weight excluding hydrogens is 1990 g/mol. The van der Waals surface area contributed by atoms with Crippen LogP contribution in [0, 0.1) is 127 Å². The normalized spacial score (nSPS) is 38.5. The zero-order valence-electron chi connectivity index (χ0n) is 92.1. The highest BCUT2D eigenvalue weighted by molar-refractivity contribution is 5.81. The summed E-state index contributed by atoms with van der Waals surface area (Å²) in [5.74, 6) is -1.34. The summed E-state index contributed by atoms with van der Waals surface area (Å²) in [5.41, 5.74) is -17.7. The van der Waals surface area contributed by atoms with Gasteiger partial charge in [0.15, 0.2) is 24.4 Å². The first-order valence-corrected chi connectivity index (χ1v) is 56.2. The van der Waals surface area contributed by atoms with Crippen LogP contribution in [0.2, 0.25) is 0 Å². The van der Waals surface area contributed by atoms with Crippen molar-refractivity contribution >= 4 is 53.7 Å². The number of ether oxygens (including phenoxy) is 12. The van der Waals surface area contributed by atoms with Gasteiger partial charge in [0.25, 0.3) is 11.2 Å². The fourth-order valence-corrected chi connectivity index (χ4v) is 29.8. The van der Waals surface area contributed by atoms with Gasteiger partial charge in [0.2, 0.25) is 0 Å². The largest absolute Gasteiger partial charge is 0.462 e. The molecule has 150 heavy (non-hydrogen) atoms. The molecule has 8 saturated heterocycles. The minimum Gasteiger partial charge on any atom is -0.462 e. The number of halogens is 12. The van der Waals surface area contributed by atoms with Crippen LogP contribution >= 0.6 is 0 Å². The molecule has 0 aromatic carbocycles. The second-order valence-corrected chi connectivity index (χ2v) is 53.8. The molecule has 22 rings (SSSR count). The first-order valence-electron chi connectivity index (χ1n) is 56.2. The topological polar surface area (TPSA) is 345 Å². The minimum absolute atomic E-state index is 0.00956. The molecule has 14 saturated carbocycles. The van der Waals surface area contributed by atoms with Crippen molar-refractivity contribution in [2.45, 2.75) is 527 Å². The zero-order chi connectivity index (χ0) is 111. The Balaban J connectivity index is 0.000000139. The van der Waals surface area contributed by atoms with Crippen LogP contribution in [0.4, 0.5) is 52.7 Å². The lowest BCUT2D eigenvalue weighted by molar-refractivity contribution is -0.405. The van der Waals surface area contributed by atoms with E-state index in [1.165, 1.54) is 78.6 Å². The zero-order valence-corrected chi connectivity index (χ0v) is 92.1. The maximum Gasteiger partial charge on any atom is 0.426 e. The average molecular weight is 2160 g/mol. The molecule has 0 amide bonds. The Morgan fingerprint density at radius 3 is 1.03 bits per heavy atom. The molecule has 0 aromatic heterocycles. The Labute approximate surface area is 876 Å². The van der Waals surface area contributed by atoms with Gasteiger partial charge in [0.05, 0.1) is 85.4 Å². The number of fused-ring (bicyclic) bond motifs is 13. The molecule has 22 fully saturated rings. The van der Waals surface area contributed by atoms with Crippen LogP contribution in [0.3, 0.4) is 0 Å². The summed E-state index contributed by atoms with van der Waals surface area (Å²) in [6.07, 6.45) is -2.52. The van der Waals surface area contributed by atoms with Crippen molar-refractivity contribution in [2.75, 3.05) is 0 Å². The fourth-order valence-electron chi connectivity index (χ4n) is 29.8. The van der Waals surface area contributed by atoms with Crippen LogP contribution in [-0.4, -0.2) is 211 Å². The molecule has 8 aliphatic heterocycles. The van der Waals surface area contributed by atoms with E-state index >= 15 is 0 Å². The second kappa shape index (κ2) is 42.1. The van der Waals surface area contributed by atoms with Crippen molar-refractivity contribution < 1.29 is 173 Å². The van der Waals surface area contributed by atoms with Gasteiger partial charge in [-0.25, -0.2) is 0 Å². The summed E-state index contributed by atoms with van der Waals surface area (Å²) >= 11 is 0. The van der Waals surface area contributed by atoms with E-state index in [4.69, 9.17) is 56.8 Å². The number of esters is 9. The second-order valence-electron chi connectivity index (χ2n) is 53.8. The Morgan fingerprint density at radius 2 is 0.693 bits per heavy atom. The van der Waals surface area contributed by atoms with Gasteiger partial charge in [0.1, 0.15) is 40.7 Å². The van der Waals surface area contributed by atoms with E-state index in [1.54, 1.807) is 0 Å². The van der Waals surface area contributed by atoms with Crippen molar-refractivity contribution in [2.24, 2.45) is 127 Å². The Hall–Kier alpha value is -5.89. The van der Waals surface area contributed by atoms with Gasteiger partial charge in [-0.3, -0.25) is 43.2 Å². The molecule has 856 valence electrons. The van der Waals surface area contributed by atoms with Crippen molar-refractivity contribution in [3.63, 3.8) is 0 Å². The van der Waals surface area contributed by atoms with Crippen LogP contribution in [0.5, 0.6) is 0 Å². The van der Waals surface area contributed by atoms with Crippen LogP contribution in [-0.2, 0) is 100.0 Å². The number of hydrogen-bond acceptors (Lipinski definition) is 25. The lowest BCUT2D eigenvalue weighted by Crippen LogP contribution is -2.67. The number of rotatable bonds is 25. The quantitative estimate of drug-likeness (QED) is 0.0285. The van der Waals surface area contributed by atoms with Crippen LogP contribution in [0.1, 0.15) is 390 Å². The fraction of sp³-hybridized carbons (Fsp3) is 0.920. The average Bonchev–Trinajstić information content (AvgIpc) is 1.50. The summed E-state index contributed by atoms with van der Waals surface area (Å²) in [5, 5.41) is 40.5. The van der Waals surface area contributed by atoms with E-state index < -0.39 is 142 Å². The van der Waals surface area contributed by atoms with Gasteiger partial charge in [-0.05, 0) is 375 Å². The highest BCUT2D eigenvalue weighted by atomic mass is 19.4. The predicted octanol–water partition coefficient (Wildman–Crippen LogP) is 22.3. The number of carbonyl (C=O) groups is 9. The number of carbonyl (C=O) groups excluding carboxylic acids is 9. The van der Waals surface area contributed by atoms with Gasteiger partial charge in [-0.15, -0.1) is 0 Å². The third-order valence-electron chi connectivity index (χ3n) is 40.8. The molecule has 18 bridgehead atoms. The first-order chi connectivity index (χ1) is 69.0. The Morgan fingerprint density at radius 1 is 0.347 bits per heavy atom. The molecule has 26 unspecified atom stereocenters. The van der Waals surface area contributed by atoms with Gasteiger partial charge < -0.3 is 77.3 Å². The molecule has 4 N–H and O–H groups in total. The van der Waals surface area contributed by atoms with Crippen molar-refractivity contribution in [1.29, 1.82) is 0 Å². The SMILES string of the molecule is CCC(C)(C)C(=O)OC1(C2CC3CCC2O3)CCCC1.CCC(C)(C)C(=O)OC1(CC)CC2CC1C1C3CCC(C3)C21.CCC(C)(C)C(=O)OC12CC3CC(CC(O)(C3)C1)C2.CCC(C)(C)C(=O)OC12CC3CC(CC(O)(C3)C1)C2.CCC(C)(C)C(=O)OC1C2CC3C(=O)OC1C3O2.CCC(C)(C)C(=O)OC1C2CC3C(=O)OC1C3O2.CCC(C)(C)C(=O)OC1CC(C(O)(C(F)(F)F)C(F)(F)F)CC(C(O)(C(F)(F)F)C(F)(F)F)C1. The maximum atomic E-state index is 13.3. The summed E-state index contributed by atoms with van der Waals surface area (Å²) in [7, 11) is 0. The summed E-state index contributed by atoms with van der Waals surface area (Å²) in [6, 6.07) is 0. The van der Waals surface area contributed by atoms with Crippen LogP contribution < -0.4 is 0 Å². The Bertz CT molecular complexity index is 4620. The van der Waals surface area contributed by atoms with E-state index in [0.717, 1.165) is 145 Å². The molecule has 25 nitrogen and oxygen atoms in total. The highest BCUT2D eigenvalue weighted by Crippen LogP contribution is 2.72. The molecule has 0 radical (unpaired) electrons. The summed E-state index contributed by atoms with van der Waals surface area (Å²) < 4.78 is 228. The molecule has 26 atom stereocenters. The summed E-state index contributed by atoms with van der Waals surface area (Å²) in [6.45, 7) is 41.4. The third-order valence-corrected chi connectivity index (χ3v) is 40.8. The molecule has 8 heterocycles. The molecular formula is C113H170F12O25. The lowest BCUT2D eigenvalue weighted by Gasteiger charge is -2.59.